The summed E-state index contributed by atoms with van der Waals surface area (Å²) in [5.74, 6) is 0.525. The third-order valence-corrected chi connectivity index (χ3v) is 4.01. The van der Waals surface area contributed by atoms with Gasteiger partial charge in [-0.3, -0.25) is 9.78 Å². The topological polar surface area (TPSA) is 91.8 Å². The van der Waals surface area contributed by atoms with Crippen molar-refractivity contribution in [1.82, 2.24) is 4.98 Å². The van der Waals surface area contributed by atoms with Crippen LogP contribution >= 0.6 is 11.3 Å². The highest BCUT2D eigenvalue weighted by Crippen LogP contribution is 2.19. The van der Waals surface area contributed by atoms with Crippen LogP contribution in [-0.4, -0.2) is 28.8 Å². The van der Waals surface area contributed by atoms with Gasteiger partial charge >= 0.3 is 12.0 Å². The molecule has 0 aliphatic carbocycles. The largest absolute Gasteiger partial charge is 0.494 e. The lowest BCUT2D eigenvalue weighted by atomic mass is 9.79. The monoisotopic (exact) mass is 293 g/mol. The number of aromatic nitrogens is 1. The zero-order valence-corrected chi connectivity index (χ0v) is 11.3. The Morgan fingerprint density at radius 2 is 2.35 bits per heavy atom. The minimum Gasteiger partial charge on any atom is -0.494 e. The average molecular weight is 293 g/mol. The second kappa shape index (κ2) is 5.32. The minimum atomic E-state index is -0.896. The van der Waals surface area contributed by atoms with Gasteiger partial charge in [-0.05, 0) is 23.2 Å². The van der Waals surface area contributed by atoms with Crippen molar-refractivity contribution in [2.45, 2.75) is 13.0 Å². The number of thiazole rings is 1. The molecule has 0 saturated heterocycles. The number of fused-ring (bicyclic) bond motifs is 1. The van der Waals surface area contributed by atoms with Gasteiger partial charge in [-0.2, -0.15) is 0 Å². The number of hydrogen-bond acceptors (Lipinski definition) is 6. The van der Waals surface area contributed by atoms with Crippen LogP contribution in [0.3, 0.4) is 0 Å². The van der Waals surface area contributed by atoms with Crippen LogP contribution in [-0.2, 0) is 17.7 Å². The number of rotatable bonds is 4. The van der Waals surface area contributed by atoms with Gasteiger partial charge < -0.3 is 19.5 Å². The number of aromatic amines is 1. The van der Waals surface area contributed by atoms with Crippen LogP contribution < -0.4 is 15.1 Å². The van der Waals surface area contributed by atoms with Gasteiger partial charge in [-0.15, -0.1) is 0 Å². The standard InChI is InChI=1S/C12H12BNO5S/c15-11-10(20-12(16)14-11)3-4-18-8-2-1-7-6-19-13(17)9(7)5-8/h1-2,5,15,17H,3-4,6H2,(H,14,16). The molecule has 0 amide bonds. The Bertz CT molecular complexity index is 683. The van der Waals surface area contributed by atoms with E-state index >= 15 is 0 Å². The van der Waals surface area contributed by atoms with E-state index in [4.69, 9.17) is 9.39 Å². The van der Waals surface area contributed by atoms with Crippen molar-refractivity contribution in [3.05, 3.63) is 38.3 Å². The summed E-state index contributed by atoms with van der Waals surface area (Å²) in [6.07, 6.45) is 0.436. The molecule has 1 aromatic heterocycles. The van der Waals surface area contributed by atoms with Crippen molar-refractivity contribution < 1.29 is 19.5 Å². The first-order valence-electron chi connectivity index (χ1n) is 6.10. The van der Waals surface area contributed by atoms with Crippen LogP contribution in [0.1, 0.15) is 10.4 Å². The minimum absolute atomic E-state index is 0.0959. The van der Waals surface area contributed by atoms with E-state index in [1.54, 1.807) is 12.1 Å². The highest BCUT2D eigenvalue weighted by atomic mass is 32.1. The van der Waals surface area contributed by atoms with Gasteiger partial charge in [0.2, 0.25) is 5.88 Å². The lowest BCUT2D eigenvalue weighted by Crippen LogP contribution is -2.28. The van der Waals surface area contributed by atoms with Gasteiger partial charge in [0.25, 0.3) is 0 Å². The third-order valence-electron chi connectivity index (χ3n) is 3.08. The maximum Gasteiger partial charge on any atom is 0.491 e. The van der Waals surface area contributed by atoms with Crippen LogP contribution in [0.5, 0.6) is 11.6 Å². The van der Waals surface area contributed by atoms with Crippen LogP contribution in [0.2, 0.25) is 0 Å². The number of H-pyrrole nitrogens is 1. The van der Waals surface area contributed by atoms with E-state index < -0.39 is 7.12 Å². The predicted molar refractivity (Wildman–Crippen MR) is 74.6 cm³/mol. The van der Waals surface area contributed by atoms with E-state index in [1.165, 1.54) is 0 Å². The fraction of sp³-hybridized carbons (Fsp3) is 0.250. The SMILES string of the molecule is O=c1[nH]c(O)c(CCOc2ccc3c(c2)B(O)OC3)s1. The molecule has 3 N–H and O–H groups in total. The summed E-state index contributed by atoms with van der Waals surface area (Å²) in [5.41, 5.74) is 1.67. The lowest BCUT2D eigenvalue weighted by Gasteiger charge is -2.07. The molecule has 2 aromatic rings. The first kappa shape index (κ1) is 13.2. The summed E-state index contributed by atoms with van der Waals surface area (Å²) >= 11 is 0.969. The molecule has 0 unspecified atom stereocenters. The Balaban J connectivity index is 1.63. The fourth-order valence-corrected chi connectivity index (χ4v) is 2.77. The van der Waals surface area contributed by atoms with Crippen molar-refractivity contribution in [3.63, 3.8) is 0 Å². The van der Waals surface area contributed by atoms with Crippen LogP contribution in [0.15, 0.2) is 23.0 Å². The highest BCUT2D eigenvalue weighted by Gasteiger charge is 2.27. The third kappa shape index (κ3) is 2.58. The molecule has 104 valence electrons. The van der Waals surface area contributed by atoms with Crippen molar-refractivity contribution >= 4 is 23.9 Å². The molecule has 0 fully saturated rings. The zero-order valence-electron chi connectivity index (χ0n) is 10.5. The van der Waals surface area contributed by atoms with E-state index in [2.05, 4.69) is 4.98 Å². The molecule has 6 nitrogen and oxygen atoms in total. The molecule has 0 atom stereocenters. The maximum absolute atomic E-state index is 11.0. The first-order chi connectivity index (χ1) is 9.63. The second-order valence-corrected chi connectivity index (χ2v) is 5.48. The van der Waals surface area contributed by atoms with Crippen LogP contribution in [0.4, 0.5) is 0 Å². The van der Waals surface area contributed by atoms with E-state index in [0.29, 0.717) is 30.3 Å². The van der Waals surface area contributed by atoms with Gasteiger partial charge in [0.15, 0.2) is 0 Å². The maximum atomic E-state index is 11.0. The number of benzene rings is 1. The van der Waals surface area contributed by atoms with Gasteiger partial charge in [0.1, 0.15) is 5.75 Å². The Hall–Kier alpha value is -1.77. The second-order valence-electron chi connectivity index (χ2n) is 4.41. The Labute approximate surface area is 118 Å². The summed E-state index contributed by atoms with van der Waals surface area (Å²) in [6.45, 7) is 0.735. The number of aromatic hydroxyl groups is 1. The molecule has 8 heteroatoms. The highest BCUT2D eigenvalue weighted by molar-refractivity contribution is 7.09. The summed E-state index contributed by atoms with van der Waals surface area (Å²) in [6, 6.07) is 5.40. The average Bonchev–Trinajstić information content (AvgIpc) is 2.94. The Morgan fingerprint density at radius 1 is 1.50 bits per heavy atom. The molecule has 2 heterocycles. The molecule has 1 aromatic carbocycles. The Morgan fingerprint density at radius 3 is 3.10 bits per heavy atom. The molecule has 0 saturated carbocycles. The van der Waals surface area contributed by atoms with E-state index in [0.717, 1.165) is 22.4 Å². The van der Waals surface area contributed by atoms with Gasteiger partial charge in [-0.1, -0.05) is 17.4 Å². The van der Waals surface area contributed by atoms with E-state index in [1.807, 2.05) is 6.07 Å². The van der Waals surface area contributed by atoms with Crippen molar-refractivity contribution in [2.75, 3.05) is 6.61 Å². The zero-order chi connectivity index (χ0) is 14.1. The Kier molecular flexibility index (Phi) is 3.52. The molecular formula is C12H12BNO5S. The molecule has 0 radical (unpaired) electrons. The summed E-state index contributed by atoms with van der Waals surface area (Å²) < 4.78 is 10.7. The number of nitrogens with one attached hydrogen (secondary N) is 1. The lowest BCUT2D eigenvalue weighted by molar-refractivity contribution is 0.275. The van der Waals surface area contributed by atoms with E-state index in [-0.39, 0.29) is 10.8 Å². The molecule has 0 bridgehead atoms. The van der Waals surface area contributed by atoms with Crippen molar-refractivity contribution in [3.8, 4) is 11.6 Å². The molecule has 1 aliphatic rings. The smallest absolute Gasteiger partial charge is 0.491 e. The summed E-state index contributed by atoms with van der Waals surface area (Å²) in [7, 11) is -0.896. The molecule has 3 rings (SSSR count). The molecule has 20 heavy (non-hydrogen) atoms. The number of hydrogen-bond donors (Lipinski definition) is 3. The summed E-state index contributed by atoms with van der Waals surface area (Å²) in [5, 5.41) is 19.0. The van der Waals surface area contributed by atoms with Gasteiger partial charge in [0, 0.05) is 6.42 Å². The fourth-order valence-electron chi connectivity index (χ4n) is 2.07. The molecular weight excluding hydrogens is 281 g/mol. The quantitative estimate of drug-likeness (QED) is 0.689. The summed E-state index contributed by atoms with van der Waals surface area (Å²) in [4.78, 5) is 13.6. The first-order valence-corrected chi connectivity index (χ1v) is 6.91. The number of ether oxygens (including phenoxy) is 1. The van der Waals surface area contributed by atoms with Gasteiger partial charge in [-0.25, -0.2) is 0 Å². The van der Waals surface area contributed by atoms with Crippen LogP contribution in [0, 0.1) is 0 Å². The van der Waals surface area contributed by atoms with E-state index in [9.17, 15) is 14.9 Å². The van der Waals surface area contributed by atoms with Gasteiger partial charge in [0.05, 0.1) is 18.1 Å². The normalized spacial score (nSPS) is 13.6. The van der Waals surface area contributed by atoms with Crippen molar-refractivity contribution in [1.29, 1.82) is 0 Å². The molecule has 0 spiro atoms. The van der Waals surface area contributed by atoms with Crippen molar-refractivity contribution in [2.24, 2.45) is 0 Å². The predicted octanol–water partition coefficient (Wildman–Crippen LogP) is -0.0188. The van der Waals surface area contributed by atoms with Crippen LogP contribution in [0.25, 0.3) is 0 Å². The molecule has 1 aliphatic heterocycles.